The van der Waals surface area contributed by atoms with Crippen LogP contribution in [0.15, 0.2) is 53.1 Å². The average Bonchev–Trinajstić information content (AvgIpc) is 3.04. The van der Waals surface area contributed by atoms with Crippen LogP contribution in [0, 0.1) is 12.1 Å². The van der Waals surface area contributed by atoms with Crippen molar-refractivity contribution in [1.82, 2.24) is 10.1 Å². The fourth-order valence-corrected chi connectivity index (χ4v) is 2.18. The molecule has 24 heavy (non-hydrogen) atoms. The first-order valence-electron chi connectivity index (χ1n) is 7.52. The smallest absolute Gasteiger partial charge is 0.261 e. The summed E-state index contributed by atoms with van der Waals surface area (Å²) in [5, 5.41) is 16.0. The number of rotatable bonds is 4. The Balaban J connectivity index is 1.82. The van der Waals surface area contributed by atoms with Crippen LogP contribution in [0.25, 0.3) is 11.5 Å². The minimum absolute atomic E-state index is 0.234. The summed E-state index contributed by atoms with van der Waals surface area (Å²) in [7, 11) is 3.89. The van der Waals surface area contributed by atoms with Crippen molar-refractivity contribution in [3.05, 3.63) is 65.1 Å². The summed E-state index contributed by atoms with van der Waals surface area (Å²) < 4.78 is 5.94. The van der Waals surface area contributed by atoms with Crippen molar-refractivity contribution in [2.24, 2.45) is 0 Å². The number of hydrogen-bond acceptors (Lipinski definition) is 5. The Morgan fingerprint density at radius 1 is 1.04 bits per heavy atom. The second-order valence-corrected chi connectivity index (χ2v) is 5.69. The van der Waals surface area contributed by atoms with Gasteiger partial charge in [0.2, 0.25) is 11.9 Å². The third-order valence-corrected chi connectivity index (χ3v) is 3.59. The van der Waals surface area contributed by atoms with Crippen LogP contribution in [-0.4, -0.2) is 35.2 Å². The lowest BCUT2D eigenvalue weighted by atomic mass is 10.1. The van der Waals surface area contributed by atoms with Gasteiger partial charge in [0.05, 0.1) is 0 Å². The molecule has 0 fully saturated rings. The van der Waals surface area contributed by atoms with E-state index < -0.39 is 0 Å². The minimum Gasteiger partial charge on any atom is -0.618 e. The molecule has 0 unspecified atom stereocenters. The van der Waals surface area contributed by atoms with Gasteiger partial charge in [-0.3, -0.25) is 0 Å². The molecular weight excluding hydrogens is 304 g/mol. The molecule has 1 heterocycles. The molecule has 3 rings (SSSR count). The molecule has 0 aliphatic heterocycles. The topological polar surface area (TPSA) is 68.2 Å². The largest absolute Gasteiger partial charge is 0.618 e. The van der Waals surface area contributed by atoms with Gasteiger partial charge in [-0.15, -0.1) is 0 Å². The van der Waals surface area contributed by atoms with Crippen LogP contribution in [0.4, 0.5) is 11.4 Å². The lowest BCUT2D eigenvalue weighted by Gasteiger charge is -2.11. The molecule has 0 saturated heterocycles. The zero-order chi connectivity index (χ0) is 17.1. The summed E-state index contributed by atoms with van der Waals surface area (Å²) in [4.78, 5) is 6.21. The van der Waals surface area contributed by atoms with Crippen molar-refractivity contribution in [3.8, 4) is 11.5 Å². The second kappa shape index (κ2) is 6.54. The first-order valence-corrected chi connectivity index (χ1v) is 7.52. The molecule has 0 radical (unpaired) electrons. The summed E-state index contributed by atoms with van der Waals surface area (Å²) >= 11 is 0. The molecule has 122 valence electrons. The summed E-state index contributed by atoms with van der Waals surface area (Å²) in [6.45, 7) is 2.01. The summed E-state index contributed by atoms with van der Waals surface area (Å²) in [5.41, 5.74) is 3.49. The van der Waals surface area contributed by atoms with Crippen molar-refractivity contribution >= 4 is 17.6 Å². The molecule has 0 bridgehead atoms. The van der Waals surface area contributed by atoms with E-state index in [0.717, 1.165) is 21.6 Å². The van der Waals surface area contributed by atoms with Crippen molar-refractivity contribution in [3.63, 3.8) is 0 Å². The monoisotopic (exact) mass is 322 g/mol. The van der Waals surface area contributed by atoms with Gasteiger partial charge >= 0.3 is 0 Å². The van der Waals surface area contributed by atoms with E-state index in [2.05, 4.69) is 10.1 Å². The van der Waals surface area contributed by atoms with Crippen LogP contribution in [0.2, 0.25) is 0 Å². The van der Waals surface area contributed by atoms with Crippen LogP contribution in [-0.2, 0) is 0 Å². The van der Waals surface area contributed by atoms with Crippen LogP contribution < -0.4 is 4.90 Å². The number of hydrogen-bond donors (Lipinski definition) is 0. The fourth-order valence-electron chi connectivity index (χ4n) is 2.18. The van der Waals surface area contributed by atoms with E-state index >= 15 is 0 Å². The van der Waals surface area contributed by atoms with Crippen LogP contribution >= 0.6 is 0 Å². The van der Waals surface area contributed by atoms with Crippen LogP contribution in [0.1, 0.15) is 11.4 Å². The molecule has 2 aromatic carbocycles. The van der Waals surface area contributed by atoms with Crippen molar-refractivity contribution in [2.45, 2.75) is 6.92 Å². The molecule has 0 amide bonds. The van der Waals surface area contributed by atoms with E-state index in [1.165, 1.54) is 6.21 Å². The lowest BCUT2D eigenvalue weighted by molar-refractivity contribution is -0.354. The Bertz CT molecular complexity index is 849. The highest BCUT2D eigenvalue weighted by Crippen LogP contribution is 2.19. The number of nitrogens with zero attached hydrogens (tertiary/aromatic N) is 4. The molecule has 1 aromatic heterocycles. The summed E-state index contributed by atoms with van der Waals surface area (Å²) in [6.07, 6.45) is 1.30. The van der Waals surface area contributed by atoms with Gasteiger partial charge in [-0.05, 0) is 31.2 Å². The highest BCUT2D eigenvalue weighted by atomic mass is 16.5. The van der Waals surface area contributed by atoms with Crippen LogP contribution in [0.5, 0.6) is 0 Å². The molecule has 6 nitrogen and oxygen atoms in total. The zero-order valence-electron chi connectivity index (χ0n) is 13.8. The Morgan fingerprint density at radius 3 is 2.33 bits per heavy atom. The van der Waals surface area contributed by atoms with E-state index in [9.17, 15) is 5.21 Å². The number of aromatic nitrogens is 2. The fraction of sp³-hybridized carbons (Fsp3) is 0.167. The van der Waals surface area contributed by atoms with Gasteiger partial charge < -0.3 is 14.6 Å². The van der Waals surface area contributed by atoms with Gasteiger partial charge in [0.25, 0.3) is 11.7 Å². The zero-order valence-corrected chi connectivity index (χ0v) is 13.8. The Hall–Kier alpha value is -3.15. The Labute approximate surface area is 140 Å². The predicted octanol–water partition coefficient (Wildman–Crippen LogP) is 3.37. The summed E-state index contributed by atoms with van der Waals surface area (Å²) in [5.74, 6) is 0.620. The molecule has 0 aliphatic carbocycles. The maximum absolute atomic E-state index is 12.2. The standard InChI is InChI=1S/C18H18N4O2/c1-13-4-6-14(7-5-13)18-19-17(20-24-18)12-22(23)16-10-8-15(9-11-16)21(2)3/h4-12H,1-3H3/b22-12-. The van der Waals surface area contributed by atoms with E-state index in [4.69, 9.17) is 4.52 Å². The normalized spacial score (nSPS) is 11.5. The first-order chi connectivity index (χ1) is 11.5. The predicted molar refractivity (Wildman–Crippen MR) is 93.7 cm³/mol. The van der Waals surface area contributed by atoms with Gasteiger partial charge in [0, 0.05) is 37.5 Å². The lowest BCUT2D eigenvalue weighted by Crippen LogP contribution is -2.08. The molecule has 0 atom stereocenters. The number of aryl methyl sites for hydroxylation is 1. The number of anilines is 1. The molecular formula is C18H18N4O2. The summed E-state index contributed by atoms with van der Waals surface area (Å²) in [6, 6.07) is 15.0. The third-order valence-electron chi connectivity index (χ3n) is 3.59. The maximum atomic E-state index is 12.2. The van der Waals surface area contributed by atoms with Gasteiger partial charge in [0.1, 0.15) is 0 Å². The highest BCUT2D eigenvalue weighted by Gasteiger charge is 2.11. The van der Waals surface area contributed by atoms with E-state index in [1.807, 2.05) is 62.3 Å². The first kappa shape index (κ1) is 15.7. The van der Waals surface area contributed by atoms with Gasteiger partial charge in [0.15, 0.2) is 0 Å². The molecule has 0 saturated carbocycles. The molecule has 0 spiro atoms. The van der Waals surface area contributed by atoms with E-state index in [1.54, 1.807) is 12.1 Å². The van der Waals surface area contributed by atoms with Crippen molar-refractivity contribution < 1.29 is 9.26 Å². The molecule has 0 N–H and O–H groups in total. The Morgan fingerprint density at radius 2 is 1.71 bits per heavy atom. The Kier molecular flexibility index (Phi) is 4.29. The van der Waals surface area contributed by atoms with E-state index in [0.29, 0.717) is 11.6 Å². The molecule has 3 aromatic rings. The van der Waals surface area contributed by atoms with E-state index in [-0.39, 0.29) is 5.82 Å². The average molecular weight is 322 g/mol. The van der Waals surface area contributed by atoms with Gasteiger partial charge in [-0.1, -0.05) is 22.9 Å². The maximum Gasteiger partial charge on any atom is 0.261 e. The second-order valence-electron chi connectivity index (χ2n) is 5.69. The molecule has 6 heteroatoms. The minimum atomic E-state index is 0.234. The van der Waals surface area contributed by atoms with Crippen molar-refractivity contribution in [1.29, 1.82) is 0 Å². The quantitative estimate of drug-likeness (QED) is 0.319. The van der Waals surface area contributed by atoms with Gasteiger partial charge in [-0.2, -0.15) is 9.72 Å². The van der Waals surface area contributed by atoms with Crippen LogP contribution in [0.3, 0.4) is 0 Å². The van der Waals surface area contributed by atoms with Gasteiger partial charge in [-0.25, -0.2) is 0 Å². The van der Waals surface area contributed by atoms with Crippen molar-refractivity contribution in [2.75, 3.05) is 19.0 Å². The SMILES string of the molecule is Cc1ccc(-c2nc(/C=[N+](\[O-])c3ccc(N(C)C)cc3)no2)cc1. The highest BCUT2D eigenvalue weighted by molar-refractivity contribution is 5.72. The molecule has 0 aliphatic rings. The third kappa shape index (κ3) is 3.43. The number of benzene rings is 2.